The van der Waals surface area contributed by atoms with Crippen molar-refractivity contribution in [2.75, 3.05) is 7.05 Å². The number of rotatable bonds is 6. The van der Waals surface area contributed by atoms with E-state index in [1.54, 1.807) is 18.2 Å². The van der Waals surface area contributed by atoms with E-state index in [9.17, 15) is 9.59 Å². The van der Waals surface area contributed by atoms with Gasteiger partial charge in [0, 0.05) is 11.5 Å². The van der Waals surface area contributed by atoms with Crippen molar-refractivity contribution in [3.05, 3.63) is 28.2 Å². The van der Waals surface area contributed by atoms with Crippen molar-refractivity contribution in [2.24, 2.45) is 28.9 Å². The van der Waals surface area contributed by atoms with Crippen LogP contribution in [0.3, 0.4) is 0 Å². The van der Waals surface area contributed by atoms with Gasteiger partial charge in [-0.3, -0.25) is 4.79 Å². The van der Waals surface area contributed by atoms with Gasteiger partial charge in [-0.05, 0) is 87.4 Å². The molecule has 5 unspecified atom stereocenters. The molecular weight excluding hydrogens is 477 g/mol. The fourth-order valence-corrected chi connectivity index (χ4v) is 7.71. The second-order valence-electron chi connectivity index (χ2n) is 10.5. The normalized spacial score (nSPS) is 32.5. The molecule has 8 heteroatoms. The van der Waals surface area contributed by atoms with Crippen LogP contribution >= 0.6 is 35.1 Å². The van der Waals surface area contributed by atoms with Gasteiger partial charge in [0.1, 0.15) is 6.29 Å². The van der Waals surface area contributed by atoms with Crippen molar-refractivity contribution in [2.45, 2.75) is 81.7 Å². The standard InChI is InChI=1S/C13H24N2O.C12H13Cl2NOS/c1-8-4-9-5-10(11(8)15-3)7-13(2,6-9)12(14)16;13-9-4-3-5-10(14)11(9)17-15-12(8-16)6-1-2-7-12/h8-11,15H,4-7H2,1-3H3,(H2,14,16);3-5,8,15H,1-2,6-7H2. The minimum atomic E-state index is -0.410. The Morgan fingerprint density at radius 3 is 2.36 bits per heavy atom. The van der Waals surface area contributed by atoms with Crippen LogP contribution in [0.15, 0.2) is 23.1 Å². The Labute approximate surface area is 212 Å². The van der Waals surface area contributed by atoms with Gasteiger partial charge in [-0.2, -0.15) is 0 Å². The van der Waals surface area contributed by atoms with Gasteiger partial charge < -0.3 is 15.8 Å². The first-order chi connectivity index (χ1) is 15.6. The Bertz CT molecular complexity index is 827. The molecule has 3 aliphatic rings. The number of halogens is 2. The van der Waals surface area contributed by atoms with Gasteiger partial charge in [-0.1, -0.05) is 56.0 Å². The summed E-state index contributed by atoms with van der Waals surface area (Å²) in [6.07, 6.45) is 9.43. The Hall–Kier alpha value is -0.790. The molecule has 5 nitrogen and oxygen atoms in total. The quantitative estimate of drug-likeness (QED) is 0.339. The zero-order valence-corrected chi connectivity index (χ0v) is 22.2. The maximum Gasteiger partial charge on any atom is 0.223 e. The predicted molar refractivity (Wildman–Crippen MR) is 137 cm³/mol. The summed E-state index contributed by atoms with van der Waals surface area (Å²) in [7, 11) is 2.04. The molecule has 0 aliphatic heterocycles. The van der Waals surface area contributed by atoms with E-state index in [1.807, 2.05) is 7.05 Å². The molecule has 1 aromatic carbocycles. The van der Waals surface area contributed by atoms with Crippen LogP contribution in [0.1, 0.15) is 65.2 Å². The summed E-state index contributed by atoms with van der Waals surface area (Å²) in [4.78, 5) is 23.5. The molecule has 3 saturated carbocycles. The van der Waals surface area contributed by atoms with Crippen LogP contribution < -0.4 is 15.8 Å². The summed E-state index contributed by atoms with van der Waals surface area (Å²) in [6, 6.07) is 5.95. The van der Waals surface area contributed by atoms with E-state index in [0.29, 0.717) is 27.9 Å². The van der Waals surface area contributed by atoms with Gasteiger partial charge in [-0.15, -0.1) is 0 Å². The van der Waals surface area contributed by atoms with Crippen molar-refractivity contribution in [1.29, 1.82) is 0 Å². The number of hydrogen-bond donors (Lipinski definition) is 3. The van der Waals surface area contributed by atoms with Crippen molar-refractivity contribution in [1.82, 2.24) is 10.0 Å². The molecule has 0 aromatic heterocycles. The van der Waals surface area contributed by atoms with Crippen LogP contribution in [0, 0.1) is 23.2 Å². The number of nitrogens with two attached hydrogens (primary N) is 1. The highest BCUT2D eigenvalue weighted by Crippen LogP contribution is 2.50. The second-order valence-corrected chi connectivity index (χ2v) is 12.1. The Kier molecular flexibility index (Phi) is 9.18. The number of fused-ring (bicyclic) bond motifs is 2. The van der Waals surface area contributed by atoms with E-state index < -0.39 is 5.54 Å². The third-order valence-electron chi connectivity index (χ3n) is 7.84. The van der Waals surface area contributed by atoms with Gasteiger partial charge in [0.05, 0.1) is 20.5 Å². The summed E-state index contributed by atoms with van der Waals surface area (Å²) in [5.74, 6) is 1.96. The number of primary amides is 1. The molecule has 1 amide bonds. The fraction of sp³-hybridized carbons (Fsp3) is 0.680. The first kappa shape index (κ1) is 26.8. The van der Waals surface area contributed by atoms with Crippen molar-refractivity contribution in [3.63, 3.8) is 0 Å². The number of amides is 1. The summed E-state index contributed by atoms with van der Waals surface area (Å²) < 4.78 is 3.22. The topological polar surface area (TPSA) is 84.2 Å². The van der Waals surface area contributed by atoms with Gasteiger partial charge in [0.2, 0.25) is 5.91 Å². The van der Waals surface area contributed by atoms with E-state index >= 15 is 0 Å². The van der Waals surface area contributed by atoms with Crippen LogP contribution in [0.2, 0.25) is 10.0 Å². The molecule has 3 fully saturated rings. The van der Waals surface area contributed by atoms with Gasteiger partial charge >= 0.3 is 0 Å². The highest BCUT2D eigenvalue weighted by molar-refractivity contribution is 7.97. The number of benzene rings is 1. The summed E-state index contributed by atoms with van der Waals surface area (Å²) in [5, 5.41) is 4.64. The summed E-state index contributed by atoms with van der Waals surface area (Å²) in [6.45, 7) is 4.38. The van der Waals surface area contributed by atoms with Crippen molar-refractivity contribution < 1.29 is 9.59 Å². The number of nitrogens with one attached hydrogen (secondary N) is 2. The van der Waals surface area contributed by atoms with Crippen molar-refractivity contribution in [3.8, 4) is 0 Å². The highest BCUT2D eigenvalue weighted by atomic mass is 35.5. The number of carbonyl (C=O) groups is 2. The minimum Gasteiger partial charge on any atom is -0.369 e. The minimum absolute atomic E-state index is 0.105. The lowest BCUT2D eigenvalue weighted by molar-refractivity contribution is -0.132. The first-order valence-corrected chi connectivity index (χ1v) is 13.5. The molecule has 0 heterocycles. The lowest BCUT2D eigenvalue weighted by atomic mass is 9.57. The lowest BCUT2D eigenvalue weighted by Crippen LogP contribution is -2.52. The zero-order valence-electron chi connectivity index (χ0n) is 19.8. The van der Waals surface area contributed by atoms with Crippen LogP contribution in [-0.4, -0.2) is 30.8 Å². The Morgan fingerprint density at radius 1 is 1.18 bits per heavy atom. The maximum absolute atomic E-state index is 11.6. The molecule has 5 atom stereocenters. The largest absolute Gasteiger partial charge is 0.369 e. The summed E-state index contributed by atoms with van der Waals surface area (Å²) >= 11 is 13.5. The van der Waals surface area contributed by atoms with Gasteiger partial charge in [0.25, 0.3) is 0 Å². The van der Waals surface area contributed by atoms with Crippen LogP contribution in [0.25, 0.3) is 0 Å². The maximum atomic E-state index is 11.6. The monoisotopic (exact) mass is 513 g/mol. The molecule has 1 aromatic rings. The van der Waals surface area contributed by atoms with E-state index in [-0.39, 0.29) is 11.3 Å². The highest BCUT2D eigenvalue weighted by Gasteiger charge is 2.47. The molecule has 4 N–H and O–H groups in total. The first-order valence-electron chi connectivity index (χ1n) is 11.9. The lowest BCUT2D eigenvalue weighted by Gasteiger charge is -2.49. The molecule has 0 saturated heterocycles. The molecule has 0 spiro atoms. The van der Waals surface area contributed by atoms with Gasteiger partial charge in [0.15, 0.2) is 0 Å². The smallest absolute Gasteiger partial charge is 0.223 e. The number of aldehydes is 1. The molecule has 4 rings (SSSR count). The van der Waals surface area contributed by atoms with Crippen LogP contribution in [0.4, 0.5) is 0 Å². The molecule has 33 heavy (non-hydrogen) atoms. The average Bonchev–Trinajstić information content (AvgIpc) is 3.23. The third-order valence-corrected chi connectivity index (χ3v) is 9.85. The fourth-order valence-electron chi connectivity index (χ4n) is 6.19. The van der Waals surface area contributed by atoms with Crippen LogP contribution in [-0.2, 0) is 9.59 Å². The summed E-state index contributed by atoms with van der Waals surface area (Å²) in [5.41, 5.74) is 4.90. The molecule has 0 radical (unpaired) electrons. The Balaban J connectivity index is 0.000000186. The zero-order chi connectivity index (χ0) is 24.2. The van der Waals surface area contributed by atoms with E-state index in [1.165, 1.54) is 24.8 Å². The third kappa shape index (κ3) is 6.26. The predicted octanol–water partition coefficient (Wildman–Crippen LogP) is 5.62. The number of carbonyl (C=O) groups excluding carboxylic acids is 2. The molecule has 3 aliphatic carbocycles. The van der Waals surface area contributed by atoms with E-state index in [4.69, 9.17) is 28.9 Å². The van der Waals surface area contributed by atoms with E-state index in [2.05, 4.69) is 23.9 Å². The van der Waals surface area contributed by atoms with Crippen LogP contribution in [0.5, 0.6) is 0 Å². The second kappa shape index (κ2) is 11.3. The SMILES string of the molecule is CNC1C(C)CC2CC1CC(C)(C(N)=O)C2.O=CC1(NSc2c(Cl)cccc2Cl)CCCC1. The number of hydrogen-bond acceptors (Lipinski definition) is 5. The Morgan fingerprint density at radius 2 is 1.82 bits per heavy atom. The molecule has 2 bridgehead atoms. The average molecular weight is 515 g/mol. The molecule has 184 valence electrons. The van der Waals surface area contributed by atoms with E-state index in [0.717, 1.165) is 55.6 Å². The van der Waals surface area contributed by atoms with Crippen molar-refractivity contribution >= 4 is 47.3 Å². The van der Waals surface area contributed by atoms with Gasteiger partial charge in [-0.25, -0.2) is 4.72 Å². The molecular formula is C25H37Cl2N3O2S.